The first-order valence-corrected chi connectivity index (χ1v) is 24.8. The minimum absolute atomic E-state index is 0.123. The molecule has 2 heterocycles. The van der Waals surface area contributed by atoms with Crippen molar-refractivity contribution in [2.45, 2.75) is 108 Å². The Hall–Kier alpha value is -5.74. The number of halogens is 1. The molecule has 0 aliphatic carbocycles. The van der Waals surface area contributed by atoms with Gasteiger partial charge in [-0.3, -0.25) is 9.59 Å². The molecule has 0 unspecified atom stereocenters. The molecule has 0 amide bonds. The van der Waals surface area contributed by atoms with Gasteiger partial charge in [0.25, 0.3) is 0 Å². The third kappa shape index (κ3) is 15.4. The summed E-state index contributed by atoms with van der Waals surface area (Å²) in [6.07, 6.45) is -7.11. The highest BCUT2D eigenvalue weighted by molar-refractivity contribution is 9.10. The molecule has 2 saturated heterocycles. The zero-order chi connectivity index (χ0) is 49.2. The summed E-state index contributed by atoms with van der Waals surface area (Å²) in [6, 6.07) is 56.9. The van der Waals surface area contributed by atoms with Crippen LogP contribution in [0.4, 0.5) is 0 Å². The van der Waals surface area contributed by atoms with Gasteiger partial charge in [-0.2, -0.15) is 0 Å². The lowest BCUT2D eigenvalue weighted by Crippen LogP contribution is -2.64. The van der Waals surface area contributed by atoms with Crippen LogP contribution >= 0.6 is 15.9 Å². The van der Waals surface area contributed by atoms with Crippen molar-refractivity contribution in [2.24, 2.45) is 5.92 Å². The molecule has 6 aromatic rings. The molecule has 0 saturated carbocycles. The Morgan fingerprint density at radius 2 is 0.775 bits per heavy atom. The summed E-state index contributed by atoms with van der Waals surface area (Å²) in [5.74, 6) is -0.994. The number of ether oxygens (including phenoxy) is 10. The molecule has 2 fully saturated rings. The second-order valence-electron chi connectivity index (χ2n) is 17.6. The van der Waals surface area contributed by atoms with Gasteiger partial charge in [-0.15, -0.1) is 0 Å². The average Bonchev–Trinajstić information content (AvgIpc) is 3.39. The molecule has 8 rings (SSSR count). The number of rotatable bonds is 23. The van der Waals surface area contributed by atoms with E-state index in [1.165, 1.54) is 13.8 Å². The lowest BCUT2D eigenvalue weighted by Gasteiger charge is -2.50. The van der Waals surface area contributed by atoms with Gasteiger partial charge in [0, 0.05) is 24.2 Å². The maximum atomic E-state index is 12.6. The number of carbonyl (C=O) groups excluding carboxylic acids is 2. The zero-order valence-corrected chi connectivity index (χ0v) is 41.5. The highest BCUT2D eigenvalue weighted by Gasteiger charge is 2.54. The molecule has 0 N–H and O–H groups in total. The van der Waals surface area contributed by atoms with Gasteiger partial charge >= 0.3 is 11.9 Å². The monoisotopic (exact) mass is 1030 g/mol. The van der Waals surface area contributed by atoms with Gasteiger partial charge in [-0.1, -0.05) is 168 Å². The lowest BCUT2D eigenvalue weighted by atomic mass is 9.80. The van der Waals surface area contributed by atoms with E-state index in [0.717, 1.165) is 32.3 Å². The van der Waals surface area contributed by atoms with Crippen LogP contribution in [0.25, 0.3) is 0 Å². The summed E-state index contributed by atoms with van der Waals surface area (Å²) in [6.45, 7) is 3.56. The fourth-order valence-electron chi connectivity index (χ4n) is 8.98. The van der Waals surface area contributed by atoms with E-state index in [1.54, 1.807) is 0 Å². The Bertz CT molecular complexity index is 2490. The van der Waals surface area contributed by atoms with Crippen molar-refractivity contribution in [1.29, 1.82) is 0 Å². The van der Waals surface area contributed by atoms with E-state index >= 15 is 0 Å². The van der Waals surface area contributed by atoms with E-state index < -0.39 is 73.0 Å². The topological polar surface area (TPSA) is 126 Å². The second kappa shape index (κ2) is 26.6. The Balaban J connectivity index is 1.24. The number of esters is 2. The van der Waals surface area contributed by atoms with Crippen LogP contribution in [0.15, 0.2) is 180 Å². The van der Waals surface area contributed by atoms with Crippen LogP contribution in [0.3, 0.4) is 0 Å². The first kappa shape index (κ1) is 51.6. The maximum absolute atomic E-state index is 12.6. The molecule has 2 aliphatic rings. The highest BCUT2D eigenvalue weighted by atomic mass is 79.9. The van der Waals surface area contributed by atoms with Gasteiger partial charge in [-0.25, -0.2) is 0 Å². The molecule has 0 aromatic heterocycles. The molecule has 10 atom stereocenters. The number of hydrogen-bond acceptors (Lipinski definition) is 12. The van der Waals surface area contributed by atoms with E-state index in [0.29, 0.717) is 5.75 Å². The number of hydrogen-bond donors (Lipinski definition) is 0. The molecule has 12 nitrogen and oxygen atoms in total. The van der Waals surface area contributed by atoms with E-state index in [4.69, 9.17) is 47.4 Å². The Morgan fingerprint density at radius 3 is 1.18 bits per heavy atom. The first-order chi connectivity index (χ1) is 34.8. The van der Waals surface area contributed by atoms with Gasteiger partial charge in [-0.05, 0) is 58.5 Å². The summed E-state index contributed by atoms with van der Waals surface area (Å²) >= 11 is 3.55. The fraction of sp³-hybridized carbons (Fsp3) is 0.345. The van der Waals surface area contributed by atoms with Crippen LogP contribution in [-0.4, -0.2) is 80.3 Å². The van der Waals surface area contributed by atoms with E-state index in [-0.39, 0.29) is 52.7 Å². The summed E-state index contributed by atoms with van der Waals surface area (Å²) in [5, 5.41) is 0. The predicted molar refractivity (Wildman–Crippen MR) is 269 cm³/mol. The molecule has 0 bridgehead atoms. The van der Waals surface area contributed by atoms with Crippen LogP contribution < -0.4 is 4.74 Å². The lowest BCUT2D eigenvalue weighted by molar-refractivity contribution is -0.304. The largest absolute Gasteiger partial charge is 0.463 e. The highest BCUT2D eigenvalue weighted by Crippen LogP contribution is 2.41. The van der Waals surface area contributed by atoms with Crippen molar-refractivity contribution < 1.29 is 57.0 Å². The SMILES string of the molecule is CC(=O)OC[C@H]1O[C@H](Oc2ccc(Br)cc2)[C@@H](OCc2ccccc2)[C@@H](C[C@H]2O[C@H](COC(C)=O)[C@@H](OCc3ccccc3)[C@@H](OCc3ccccc3)[C@@H]2OCc2ccccc2)[C@@H]1OCc1ccccc1. The maximum Gasteiger partial charge on any atom is 0.302 e. The Labute approximate surface area is 424 Å². The van der Waals surface area contributed by atoms with Crippen molar-refractivity contribution in [3.63, 3.8) is 0 Å². The van der Waals surface area contributed by atoms with E-state index in [1.807, 2.05) is 176 Å². The van der Waals surface area contributed by atoms with Crippen LogP contribution in [0, 0.1) is 5.92 Å². The van der Waals surface area contributed by atoms with Gasteiger partial charge in [0.15, 0.2) is 0 Å². The van der Waals surface area contributed by atoms with E-state index in [9.17, 15) is 9.59 Å². The van der Waals surface area contributed by atoms with Gasteiger partial charge in [0.2, 0.25) is 6.29 Å². The Morgan fingerprint density at radius 1 is 0.423 bits per heavy atom. The van der Waals surface area contributed by atoms with Crippen molar-refractivity contribution in [3.8, 4) is 5.75 Å². The van der Waals surface area contributed by atoms with Crippen molar-refractivity contribution >= 4 is 27.9 Å². The van der Waals surface area contributed by atoms with Crippen molar-refractivity contribution in [3.05, 3.63) is 208 Å². The fourth-order valence-corrected chi connectivity index (χ4v) is 9.24. The minimum atomic E-state index is -1.03. The van der Waals surface area contributed by atoms with Gasteiger partial charge in [0.1, 0.15) is 55.6 Å². The van der Waals surface area contributed by atoms with Crippen LogP contribution in [0.2, 0.25) is 0 Å². The molecular weight excluding hydrogens is 969 g/mol. The molecule has 2 aliphatic heterocycles. The number of benzene rings is 6. The van der Waals surface area contributed by atoms with Crippen LogP contribution in [0.1, 0.15) is 48.1 Å². The average molecular weight is 1030 g/mol. The summed E-state index contributed by atoms with van der Waals surface area (Å²) in [7, 11) is 0. The normalized spacial score (nSPS) is 24.2. The van der Waals surface area contributed by atoms with Crippen molar-refractivity contribution in [1.82, 2.24) is 0 Å². The van der Waals surface area contributed by atoms with Crippen molar-refractivity contribution in [2.75, 3.05) is 13.2 Å². The number of carbonyl (C=O) groups is 2. The standard InChI is InChI=1S/C58H61BrO12/c1-40(60)62-38-51-53(64-33-42-18-8-3-9-19-42)49(54(65-34-43-20-10-4-11-21-43)58(71-51)69-48-30-28-47(59)29-31-48)32-50-55(66-35-44-22-12-5-13-23-44)57(68-37-46-26-16-7-17-27-46)56(52(70-50)39-63-41(2)61)67-36-45-24-14-6-15-25-45/h3-31,49-58H,32-39H2,1-2H3/t49-,50+,51+,52+,53-,54-,55+,56+,57-,58-/m0/s1. The predicted octanol–water partition coefficient (Wildman–Crippen LogP) is 10.4. The summed E-state index contributed by atoms with van der Waals surface area (Å²) < 4.78 is 68.3. The summed E-state index contributed by atoms with van der Waals surface area (Å²) in [5.41, 5.74) is 4.70. The molecule has 0 radical (unpaired) electrons. The van der Waals surface area contributed by atoms with Crippen LogP contribution in [-0.2, 0) is 85.3 Å². The van der Waals surface area contributed by atoms with Gasteiger partial charge < -0.3 is 47.4 Å². The summed E-state index contributed by atoms with van der Waals surface area (Å²) in [4.78, 5) is 25.2. The first-order valence-electron chi connectivity index (χ1n) is 24.0. The van der Waals surface area contributed by atoms with Crippen LogP contribution in [0.5, 0.6) is 5.75 Å². The quantitative estimate of drug-likeness (QED) is 0.0567. The minimum Gasteiger partial charge on any atom is -0.463 e. The van der Waals surface area contributed by atoms with Gasteiger partial charge in [0.05, 0.1) is 45.2 Å². The molecule has 71 heavy (non-hydrogen) atoms. The molecule has 13 heteroatoms. The molecular formula is C58H61BrO12. The third-order valence-corrected chi connectivity index (χ3v) is 12.9. The molecule has 6 aromatic carbocycles. The third-order valence-electron chi connectivity index (χ3n) is 12.4. The second-order valence-corrected chi connectivity index (χ2v) is 18.6. The molecule has 372 valence electrons. The van der Waals surface area contributed by atoms with E-state index in [2.05, 4.69) is 15.9 Å². The zero-order valence-electron chi connectivity index (χ0n) is 40.0. The smallest absolute Gasteiger partial charge is 0.302 e. The Kier molecular flexibility index (Phi) is 19.4. The molecule has 0 spiro atoms.